The lowest BCUT2D eigenvalue weighted by atomic mass is 10.0. The van der Waals surface area contributed by atoms with E-state index in [1.54, 1.807) is 37.6 Å². The normalized spacial score (nSPS) is 18.5. The van der Waals surface area contributed by atoms with Crippen molar-refractivity contribution in [2.75, 3.05) is 76.5 Å². The van der Waals surface area contributed by atoms with Crippen LogP contribution in [0.25, 0.3) is 0 Å². The first-order valence-electron chi connectivity index (χ1n) is 22.9. The van der Waals surface area contributed by atoms with Crippen molar-refractivity contribution in [3.8, 4) is 5.75 Å². The number of carbonyl (C=O) groups excluding carboxylic acids is 4. The van der Waals surface area contributed by atoms with Crippen molar-refractivity contribution in [1.29, 1.82) is 0 Å². The number of aromatic nitrogens is 2. The van der Waals surface area contributed by atoms with Gasteiger partial charge in [0.15, 0.2) is 0 Å². The molecule has 14 nitrogen and oxygen atoms in total. The number of hydrogen-bond acceptors (Lipinski definition) is 11. The van der Waals surface area contributed by atoms with Crippen LogP contribution in [0, 0.1) is 0 Å². The summed E-state index contributed by atoms with van der Waals surface area (Å²) < 4.78 is 18.9. The molecule has 5 heterocycles. The molecule has 3 fully saturated rings. The number of methoxy groups -OCH3 is 1. The third-order valence-corrected chi connectivity index (χ3v) is 15.3. The molecular weight excluding hydrogens is 863 g/mol. The van der Waals surface area contributed by atoms with Gasteiger partial charge in [-0.3, -0.25) is 29.4 Å². The smallest absolute Gasteiger partial charge is 0.255 e. The van der Waals surface area contributed by atoms with Gasteiger partial charge in [-0.05, 0) is 69.2 Å². The van der Waals surface area contributed by atoms with Gasteiger partial charge in [-0.2, -0.15) is 0 Å². The summed E-state index contributed by atoms with van der Waals surface area (Å²) in [4.78, 5) is 68.4. The maximum Gasteiger partial charge on any atom is 0.255 e. The molecule has 2 N–H and O–H groups in total. The number of rotatable bonds is 16. The van der Waals surface area contributed by atoms with Gasteiger partial charge in [-0.1, -0.05) is 54.4 Å². The summed E-state index contributed by atoms with van der Waals surface area (Å²) in [5.74, 6) is 0.785. The van der Waals surface area contributed by atoms with Gasteiger partial charge in [-0.15, -0.1) is 0 Å². The van der Waals surface area contributed by atoms with E-state index in [1.807, 2.05) is 41.3 Å². The number of carbonyl (C=O) groups is 4. The minimum atomic E-state index is -2.48. The molecule has 4 aromatic rings. The minimum absolute atomic E-state index is 0.177. The van der Waals surface area contributed by atoms with Crippen molar-refractivity contribution in [2.45, 2.75) is 82.8 Å². The predicted molar refractivity (Wildman–Crippen MR) is 254 cm³/mol. The van der Waals surface area contributed by atoms with Gasteiger partial charge in [0.2, 0.25) is 17.7 Å². The van der Waals surface area contributed by atoms with Crippen LogP contribution in [-0.2, 0) is 38.3 Å². The van der Waals surface area contributed by atoms with Crippen LogP contribution < -0.4 is 25.6 Å². The maximum absolute atomic E-state index is 13.2. The minimum Gasteiger partial charge on any atom is -0.496 e. The molecule has 0 saturated carbocycles. The zero-order valence-electron chi connectivity index (χ0n) is 37.7. The quantitative estimate of drug-likeness (QED) is 0.0759. The molecule has 3 saturated heterocycles. The lowest BCUT2D eigenvalue weighted by molar-refractivity contribution is -0.137. The number of piperazine rings is 1. The summed E-state index contributed by atoms with van der Waals surface area (Å²) >= 11 is 6.57. The fraction of sp³-hybridized carbons (Fsp3) is 0.469. The lowest BCUT2D eigenvalue weighted by Crippen LogP contribution is -2.54. The van der Waals surface area contributed by atoms with Crippen molar-refractivity contribution in [3.05, 3.63) is 106 Å². The Labute approximate surface area is 386 Å². The van der Waals surface area contributed by atoms with Crippen molar-refractivity contribution in [1.82, 2.24) is 30.0 Å². The third kappa shape index (κ3) is 10.9. The lowest BCUT2D eigenvalue weighted by Gasteiger charge is -2.43. The van der Waals surface area contributed by atoms with E-state index in [4.69, 9.17) is 21.3 Å². The molecule has 1 aromatic heterocycles. The average molecular weight is 923 g/mol. The van der Waals surface area contributed by atoms with Crippen molar-refractivity contribution < 1.29 is 28.5 Å². The Morgan fingerprint density at radius 3 is 2.45 bits per heavy atom. The van der Waals surface area contributed by atoms with E-state index in [2.05, 4.69) is 43.6 Å². The fourth-order valence-electron chi connectivity index (χ4n) is 9.80. The van der Waals surface area contributed by atoms with Crippen LogP contribution in [0.15, 0.2) is 66.9 Å². The number of amides is 4. The molecule has 0 aliphatic carbocycles. The molecule has 16 heteroatoms. The topological polar surface area (TPSA) is 157 Å². The van der Waals surface area contributed by atoms with Gasteiger partial charge in [0.25, 0.3) is 5.91 Å². The van der Waals surface area contributed by atoms with Crippen LogP contribution in [-0.4, -0.2) is 127 Å². The number of imide groups is 1. The Hall–Kier alpha value is -5.30. The Bertz CT molecular complexity index is 2460. The highest BCUT2D eigenvalue weighted by atomic mass is 35.5. The number of benzene rings is 3. The summed E-state index contributed by atoms with van der Waals surface area (Å²) in [6.45, 7) is 9.83. The van der Waals surface area contributed by atoms with E-state index >= 15 is 0 Å². The number of piperidine rings is 2. The van der Waals surface area contributed by atoms with Crippen molar-refractivity contribution in [3.63, 3.8) is 0 Å². The number of fused-ring (bicyclic) bond motifs is 1. The number of hydrogen-bond donors (Lipinski definition) is 2. The number of unbranched alkanes of at least 4 members (excludes halogenated alkanes) is 2. The SMILES string of the molecule is COc1cc(N2CCC(N3CCN(C(=O)CCCCCNc4cccc5c4CN(C4CCC(=O)NC4=O)C5=O)CC3)CC2)ccc1Cc1ncc(Cl)c(Cc2ccccc2P(C)(C)=O)n1. The highest BCUT2D eigenvalue weighted by molar-refractivity contribution is 7.70. The van der Waals surface area contributed by atoms with Crippen LogP contribution in [0.1, 0.15) is 89.9 Å². The summed E-state index contributed by atoms with van der Waals surface area (Å²) in [5, 5.41) is 7.17. The molecule has 3 aromatic carbocycles. The summed E-state index contributed by atoms with van der Waals surface area (Å²) in [5.41, 5.74) is 6.15. The molecule has 1 atom stereocenters. The first kappa shape index (κ1) is 46.2. The zero-order valence-corrected chi connectivity index (χ0v) is 39.3. The average Bonchev–Trinajstić information content (AvgIpc) is 3.64. The van der Waals surface area contributed by atoms with Gasteiger partial charge < -0.3 is 29.3 Å². The largest absolute Gasteiger partial charge is 0.496 e. The number of nitrogens with zero attached hydrogens (tertiary/aromatic N) is 6. The molecule has 0 radical (unpaired) electrons. The number of ether oxygens (including phenoxy) is 1. The molecule has 8 rings (SSSR count). The summed E-state index contributed by atoms with van der Waals surface area (Å²) in [6, 6.07) is 19.6. The van der Waals surface area contributed by atoms with Gasteiger partial charge in [0, 0.05) is 130 Å². The fourth-order valence-corrected chi connectivity index (χ4v) is 11.2. The van der Waals surface area contributed by atoms with E-state index in [1.165, 1.54) is 0 Å². The van der Waals surface area contributed by atoms with Gasteiger partial charge >= 0.3 is 0 Å². The Balaban J connectivity index is 0.745. The molecule has 4 aliphatic rings. The summed E-state index contributed by atoms with van der Waals surface area (Å²) in [6.07, 6.45) is 8.48. The maximum atomic E-state index is 13.2. The second kappa shape index (κ2) is 20.5. The van der Waals surface area contributed by atoms with Crippen LogP contribution in [0.2, 0.25) is 5.02 Å². The van der Waals surface area contributed by atoms with Crippen LogP contribution >= 0.6 is 18.7 Å². The van der Waals surface area contributed by atoms with Gasteiger partial charge in [-0.25, -0.2) is 9.97 Å². The first-order chi connectivity index (χ1) is 31.4. The zero-order chi connectivity index (χ0) is 45.7. The summed E-state index contributed by atoms with van der Waals surface area (Å²) in [7, 11) is -0.782. The second-order valence-electron chi connectivity index (χ2n) is 18.0. The molecule has 4 aliphatic heterocycles. The standard InChI is InChI=1S/C49H60ClN8O6P/c1-64-43-30-36(16-15-33(43)29-45-52-31-39(50)41(53-45)28-34-10-6-7-13-44(34)65(2,3)63)55-22-19-35(20-23-55)56-24-26-57(27-25-56)47(60)14-5-4-8-21-51-40-12-9-11-37-38(40)32-58(49(37)62)42-17-18-46(59)54-48(42)61/h6-7,9-13,15-16,30-31,35,42,51H,4-5,8,14,17-29,32H2,1-3H3,(H,54,59,61). The molecular formula is C49H60ClN8O6P. The van der Waals surface area contributed by atoms with E-state index < -0.39 is 19.1 Å². The van der Waals surface area contributed by atoms with Crippen LogP contribution in [0.4, 0.5) is 11.4 Å². The van der Waals surface area contributed by atoms with E-state index in [-0.39, 0.29) is 24.1 Å². The monoisotopic (exact) mass is 922 g/mol. The van der Waals surface area contributed by atoms with E-state index in [0.717, 1.165) is 117 Å². The first-order valence-corrected chi connectivity index (χ1v) is 25.9. The van der Waals surface area contributed by atoms with Gasteiger partial charge in [0.1, 0.15) is 24.8 Å². The van der Waals surface area contributed by atoms with Gasteiger partial charge in [0.05, 0.1) is 17.8 Å². The Kier molecular flexibility index (Phi) is 14.6. The van der Waals surface area contributed by atoms with Crippen molar-refractivity contribution >= 4 is 59.1 Å². The number of nitrogens with one attached hydrogen (secondary N) is 2. The molecule has 1 unspecified atom stereocenters. The highest BCUT2D eigenvalue weighted by Crippen LogP contribution is 2.37. The third-order valence-electron chi connectivity index (χ3n) is 13.4. The molecule has 344 valence electrons. The molecule has 0 spiro atoms. The van der Waals surface area contributed by atoms with E-state index in [0.29, 0.717) is 60.4 Å². The van der Waals surface area contributed by atoms with Crippen LogP contribution in [0.3, 0.4) is 0 Å². The molecule has 65 heavy (non-hydrogen) atoms. The van der Waals surface area contributed by atoms with E-state index in [9.17, 15) is 23.7 Å². The van der Waals surface area contributed by atoms with Crippen molar-refractivity contribution in [2.24, 2.45) is 0 Å². The number of halogens is 1. The molecule has 0 bridgehead atoms. The predicted octanol–water partition coefficient (Wildman–Crippen LogP) is 6.11. The number of anilines is 2. The Morgan fingerprint density at radius 1 is 0.908 bits per heavy atom. The van der Waals surface area contributed by atoms with Crippen LogP contribution in [0.5, 0.6) is 5.75 Å². The molecule has 4 amide bonds. The second-order valence-corrected chi connectivity index (χ2v) is 21.6. The highest BCUT2D eigenvalue weighted by Gasteiger charge is 2.40. The Morgan fingerprint density at radius 2 is 1.69 bits per heavy atom.